The van der Waals surface area contributed by atoms with Crippen molar-refractivity contribution in [2.45, 2.75) is 70.6 Å². The van der Waals surface area contributed by atoms with Gasteiger partial charge in [0.2, 0.25) is 5.91 Å². The highest BCUT2D eigenvalue weighted by Crippen LogP contribution is 2.39. The second-order valence-electron chi connectivity index (χ2n) is 10.2. The highest BCUT2D eigenvalue weighted by Gasteiger charge is 2.40. The molecule has 0 aliphatic carbocycles. The Morgan fingerprint density at radius 1 is 1.15 bits per heavy atom. The first kappa shape index (κ1) is 26.5. The van der Waals surface area contributed by atoms with Crippen LogP contribution < -0.4 is 5.32 Å². The molecule has 7 heteroatoms. The summed E-state index contributed by atoms with van der Waals surface area (Å²) in [5, 5.41) is 15.2. The third kappa shape index (κ3) is 7.21. The van der Waals surface area contributed by atoms with Gasteiger partial charge in [0.1, 0.15) is 5.60 Å². The van der Waals surface area contributed by atoms with Gasteiger partial charge in [-0.2, -0.15) is 0 Å². The molecule has 1 unspecified atom stereocenters. The first-order valence-corrected chi connectivity index (χ1v) is 12.4. The van der Waals surface area contributed by atoms with Crippen molar-refractivity contribution >= 4 is 35.1 Å². The van der Waals surface area contributed by atoms with Gasteiger partial charge in [-0.05, 0) is 74.9 Å². The van der Waals surface area contributed by atoms with Crippen molar-refractivity contribution in [1.29, 1.82) is 0 Å². The van der Waals surface area contributed by atoms with E-state index >= 15 is 0 Å². The van der Waals surface area contributed by atoms with E-state index in [4.69, 9.17) is 27.9 Å². The van der Waals surface area contributed by atoms with Crippen molar-refractivity contribution < 1.29 is 19.4 Å². The number of aliphatic hydroxyl groups is 1. The zero-order valence-electron chi connectivity index (χ0n) is 20.1. The number of hydrogen-bond donors (Lipinski definition) is 2. The minimum Gasteiger partial charge on any atom is -0.460 e. The lowest BCUT2D eigenvalue weighted by Gasteiger charge is -2.40. The Balaban J connectivity index is 1.80. The number of hydrogen-bond acceptors (Lipinski definition) is 4. The minimum absolute atomic E-state index is 0.0225. The van der Waals surface area contributed by atoms with E-state index in [0.717, 1.165) is 11.1 Å². The van der Waals surface area contributed by atoms with Crippen molar-refractivity contribution in [2.24, 2.45) is 11.8 Å². The monoisotopic (exact) mass is 505 g/mol. The topological polar surface area (TPSA) is 75.6 Å². The average molecular weight is 506 g/mol. The molecule has 5 nitrogen and oxygen atoms in total. The van der Waals surface area contributed by atoms with Crippen LogP contribution in [0.5, 0.6) is 0 Å². The molecular weight excluding hydrogens is 473 g/mol. The van der Waals surface area contributed by atoms with E-state index in [1.54, 1.807) is 12.1 Å². The summed E-state index contributed by atoms with van der Waals surface area (Å²) in [6, 6.07) is 14.5. The van der Waals surface area contributed by atoms with Crippen LogP contribution in [0.4, 0.5) is 0 Å². The Kier molecular flexibility index (Phi) is 8.66. The molecule has 0 spiro atoms. The molecule has 1 aliphatic rings. The largest absolute Gasteiger partial charge is 0.460 e. The van der Waals surface area contributed by atoms with E-state index in [1.807, 2.05) is 64.1 Å². The number of benzene rings is 2. The van der Waals surface area contributed by atoms with Crippen LogP contribution in [0.25, 0.3) is 0 Å². The lowest BCUT2D eigenvalue weighted by molar-refractivity contribution is -0.158. The van der Waals surface area contributed by atoms with E-state index in [-0.39, 0.29) is 36.2 Å². The van der Waals surface area contributed by atoms with E-state index in [1.165, 1.54) is 0 Å². The number of rotatable bonds is 7. The fraction of sp³-hybridized carbons (Fsp3) is 0.481. The molecule has 34 heavy (non-hydrogen) atoms. The molecule has 1 saturated heterocycles. The van der Waals surface area contributed by atoms with Gasteiger partial charge in [-0.3, -0.25) is 9.59 Å². The van der Waals surface area contributed by atoms with E-state index in [9.17, 15) is 14.7 Å². The number of piperidine rings is 1. The number of amides is 1. The van der Waals surface area contributed by atoms with Crippen LogP contribution in [0.15, 0.2) is 48.5 Å². The number of nitrogens with one attached hydrogen (secondary N) is 1. The standard InChI is InChI=1S/C27H33Cl2NO4/c1-16(12-23(31)17-8-10-20(28)11-9-17)25-22(18-6-5-7-21(29)13-18)14-19(26(33)30-25)15-24(32)34-27(2,3)4/h5-11,13,16,19,22-23,25,31H,12,14-15H2,1-4H3,(H,30,33)/t16?,19-,22-,23+,25+/m1/s1. The Hall–Kier alpha value is -2.08. The first-order valence-electron chi connectivity index (χ1n) is 11.6. The van der Waals surface area contributed by atoms with Crippen LogP contribution in [0.2, 0.25) is 10.0 Å². The first-order chi connectivity index (χ1) is 15.9. The van der Waals surface area contributed by atoms with Crippen LogP contribution in [-0.2, 0) is 14.3 Å². The number of aliphatic hydroxyl groups excluding tert-OH is 1. The molecule has 3 rings (SSSR count). The quantitative estimate of drug-likeness (QED) is 0.447. The van der Waals surface area contributed by atoms with Crippen LogP contribution in [0.1, 0.15) is 70.1 Å². The average Bonchev–Trinajstić information content (AvgIpc) is 2.74. The smallest absolute Gasteiger partial charge is 0.307 e. The number of carbonyl (C=O) groups is 2. The third-order valence-electron chi connectivity index (χ3n) is 6.22. The summed E-state index contributed by atoms with van der Waals surface area (Å²) in [5.74, 6) is -1.15. The van der Waals surface area contributed by atoms with Crippen molar-refractivity contribution in [3.8, 4) is 0 Å². The maximum Gasteiger partial charge on any atom is 0.307 e. The fourth-order valence-corrected chi connectivity index (χ4v) is 4.97. The Morgan fingerprint density at radius 3 is 2.44 bits per heavy atom. The number of esters is 1. The van der Waals surface area contributed by atoms with E-state index in [2.05, 4.69) is 5.32 Å². The predicted octanol–water partition coefficient (Wildman–Crippen LogP) is 6.07. The molecule has 0 bridgehead atoms. The summed E-state index contributed by atoms with van der Waals surface area (Å²) in [6.45, 7) is 7.45. The van der Waals surface area contributed by atoms with Gasteiger partial charge in [0.05, 0.1) is 12.5 Å². The van der Waals surface area contributed by atoms with Gasteiger partial charge in [-0.25, -0.2) is 0 Å². The van der Waals surface area contributed by atoms with Crippen molar-refractivity contribution in [1.82, 2.24) is 5.32 Å². The van der Waals surface area contributed by atoms with Crippen LogP contribution in [0.3, 0.4) is 0 Å². The molecule has 0 saturated carbocycles. The van der Waals surface area contributed by atoms with Crippen LogP contribution >= 0.6 is 23.2 Å². The molecule has 1 heterocycles. The van der Waals surface area contributed by atoms with Gasteiger partial charge < -0.3 is 15.2 Å². The van der Waals surface area contributed by atoms with Gasteiger partial charge in [-0.1, -0.05) is 54.4 Å². The minimum atomic E-state index is -0.691. The lowest BCUT2D eigenvalue weighted by atomic mass is 9.73. The molecule has 0 aromatic heterocycles. The van der Waals surface area contributed by atoms with E-state index < -0.39 is 17.6 Å². The molecule has 1 fully saturated rings. The summed E-state index contributed by atoms with van der Waals surface area (Å²) in [7, 11) is 0. The van der Waals surface area contributed by atoms with Gasteiger partial charge in [0.15, 0.2) is 0 Å². The van der Waals surface area contributed by atoms with E-state index in [0.29, 0.717) is 22.9 Å². The Bertz CT molecular complexity index is 1000. The molecule has 184 valence electrons. The fourth-order valence-electron chi connectivity index (χ4n) is 4.64. The molecule has 2 N–H and O–H groups in total. The predicted molar refractivity (Wildman–Crippen MR) is 135 cm³/mol. The van der Waals surface area contributed by atoms with Gasteiger partial charge in [-0.15, -0.1) is 0 Å². The van der Waals surface area contributed by atoms with Crippen molar-refractivity contribution in [3.05, 3.63) is 69.7 Å². The van der Waals surface area contributed by atoms with Gasteiger partial charge >= 0.3 is 5.97 Å². The van der Waals surface area contributed by atoms with Gasteiger partial charge in [0, 0.05) is 27.9 Å². The summed E-state index contributed by atoms with van der Waals surface area (Å²) in [6.07, 6.45) is 0.288. The second kappa shape index (κ2) is 11.1. The highest BCUT2D eigenvalue weighted by molar-refractivity contribution is 6.30. The summed E-state index contributed by atoms with van der Waals surface area (Å²) >= 11 is 12.2. The summed E-state index contributed by atoms with van der Waals surface area (Å²) in [4.78, 5) is 25.5. The molecule has 1 amide bonds. The second-order valence-corrected chi connectivity index (χ2v) is 11.1. The third-order valence-corrected chi connectivity index (χ3v) is 6.71. The SMILES string of the molecule is CC(C[C@H](O)c1ccc(Cl)cc1)[C@@H]1NC(=O)[C@@H](CC(=O)OC(C)(C)C)C[C@@H]1c1cccc(Cl)c1. The number of carbonyl (C=O) groups excluding carboxylic acids is 2. The summed E-state index contributed by atoms with van der Waals surface area (Å²) < 4.78 is 5.45. The molecule has 2 aromatic rings. The van der Waals surface area contributed by atoms with Crippen LogP contribution in [0, 0.1) is 11.8 Å². The maximum absolute atomic E-state index is 13.0. The van der Waals surface area contributed by atoms with Crippen molar-refractivity contribution in [3.63, 3.8) is 0 Å². The molecule has 2 aromatic carbocycles. The lowest BCUT2D eigenvalue weighted by Crippen LogP contribution is -2.52. The number of ether oxygens (including phenoxy) is 1. The zero-order valence-corrected chi connectivity index (χ0v) is 21.6. The Labute approximate surface area is 211 Å². The Morgan fingerprint density at radius 2 is 1.82 bits per heavy atom. The zero-order chi connectivity index (χ0) is 25.0. The van der Waals surface area contributed by atoms with Gasteiger partial charge in [0.25, 0.3) is 0 Å². The molecule has 0 radical (unpaired) electrons. The molecular formula is C27H33Cl2NO4. The summed E-state index contributed by atoms with van der Waals surface area (Å²) in [5.41, 5.74) is 1.17. The van der Waals surface area contributed by atoms with Crippen LogP contribution in [-0.4, -0.2) is 28.6 Å². The molecule has 1 aliphatic heterocycles. The highest BCUT2D eigenvalue weighted by atomic mass is 35.5. The van der Waals surface area contributed by atoms with Crippen molar-refractivity contribution in [2.75, 3.05) is 0 Å². The molecule has 5 atom stereocenters. The number of halogens is 2. The normalized spacial score (nSPS) is 22.6. The maximum atomic E-state index is 13.0.